The first kappa shape index (κ1) is 23.0. The van der Waals surface area contributed by atoms with E-state index < -0.39 is 0 Å². The van der Waals surface area contributed by atoms with Crippen LogP contribution in [0.2, 0.25) is 0 Å². The number of hydrogen-bond acceptors (Lipinski definition) is 3. The molecule has 1 aromatic rings. The maximum absolute atomic E-state index is 5.96. The van der Waals surface area contributed by atoms with Gasteiger partial charge in [0.2, 0.25) is 0 Å². The molecule has 5 nitrogen and oxygen atoms in total. The number of aryl methyl sites for hydroxylation is 1. The van der Waals surface area contributed by atoms with Gasteiger partial charge in [0, 0.05) is 32.8 Å². The molecule has 0 bridgehead atoms. The average Bonchev–Trinajstić information content (AvgIpc) is 2.56. The number of benzene rings is 1. The highest BCUT2D eigenvalue weighted by molar-refractivity contribution is 14.0. The Bertz CT molecular complexity index is 481. The third-order valence-corrected chi connectivity index (χ3v) is 3.50. The molecule has 6 heteroatoms. The summed E-state index contributed by atoms with van der Waals surface area (Å²) < 4.78 is 11.0. The Morgan fingerprint density at radius 3 is 2.62 bits per heavy atom. The van der Waals surface area contributed by atoms with Crippen molar-refractivity contribution in [3.8, 4) is 5.75 Å². The second-order valence-electron chi connectivity index (χ2n) is 5.51. The molecule has 0 saturated carbocycles. The van der Waals surface area contributed by atoms with Crippen molar-refractivity contribution in [2.24, 2.45) is 4.99 Å². The molecule has 1 aromatic carbocycles. The first-order valence-electron chi connectivity index (χ1n) is 8.37. The molecular formula is C18H32IN3O2. The van der Waals surface area contributed by atoms with Gasteiger partial charge in [-0.05, 0) is 25.0 Å². The number of rotatable bonds is 10. The Hall–Kier alpha value is -1.02. The molecule has 0 atom stereocenters. The lowest BCUT2D eigenvalue weighted by Gasteiger charge is -2.15. The zero-order valence-electron chi connectivity index (χ0n) is 15.4. The van der Waals surface area contributed by atoms with Gasteiger partial charge in [-0.3, -0.25) is 4.99 Å². The van der Waals surface area contributed by atoms with Crippen molar-refractivity contribution in [1.82, 2.24) is 10.6 Å². The van der Waals surface area contributed by atoms with E-state index in [1.165, 1.54) is 18.4 Å². The molecule has 0 fully saturated rings. The topological polar surface area (TPSA) is 54.9 Å². The van der Waals surface area contributed by atoms with Crippen LogP contribution in [0, 0.1) is 6.92 Å². The summed E-state index contributed by atoms with van der Waals surface area (Å²) in [5.74, 6) is 1.72. The van der Waals surface area contributed by atoms with Gasteiger partial charge in [-0.25, -0.2) is 0 Å². The van der Waals surface area contributed by atoms with Crippen LogP contribution < -0.4 is 15.4 Å². The van der Waals surface area contributed by atoms with Crippen LogP contribution in [0.3, 0.4) is 0 Å². The summed E-state index contributed by atoms with van der Waals surface area (Å²) in [6.07, 6.45) is 3.50. The summed E-state index contributed by atoms with van der Waals surface area (Å²) in [6.45, 7) is 7.11. The van der Waals surface area contributed by atoms with Crippen LogP contribution in [0.25, 0.3) is 0 Å². The summed E-state index contributed by atoms with van der Waals surface area (Å²) >= 11 is 0. The maximum Gasteiger partial charge on any atom is 0.191 e. The van der Waals surface area contributed by atoms with Crippen LogP contribution in [-0.2, 0) is 11.3 Å². The lowest BCUT2D eigenvalue weighted by molar-refractivity contribution is 0.203. The Kier molecular flexibility index (Phi) is 13.7. The van der Waals surface area contributed by atoms with E-state index in [0.29, 0.717) is 13.2 Å². The third kappa shape index (κ3) is 9.32. The summed E-state index contributed by atoms with van der Waals surface area (Å²) in [5.41, 5.74) is 2.35. The van der Waals surface area contributed by atoms with Gasteiger partial charge in [0.25, 0.3) is 0 Å². The molecule has 0 heterocycles. The molecule has 0 aliphatic carbocycles. The normalized spacial score (nSPS) is 10.9. The van der Waals surface area contributed by atoms with Crippen molar-refractivity contribution in [2.45, 2.75) is 39.7 Å². The van der Waals surface area contributed by atoms with Gasteiger partial charge in [-0.1, -0.05) is 31.9 Å². The van der Waals surface area contributed by atoms with Crippen LogP contribution in [0.5, 0.6) is 5.75 Å². The van der Waals surface area contributed by atoms with Crippen molar-refractivity contribution >= 4 is 29.9 Å². The zero-order valence-corrected chi connectivity index (χ0v) is 17.7. The molecule has 2 N–H and O–H groups in total. The number of nitrogens with one attached hydrogen (secondary N) is 2. The van der Waals surface area contributed by atoms with E-state index in [4.69, 9.17) is 9.47 Å². The van der Waals surface area contributed by atoms with Crippen molar-refractivity contribution < 1.29 is 9.47 Å². The van der Waals surface area contributed by atoms with Gasteiger partial charge in [-0.15, -0.1) is 24.0 Å². The summed E-state index contributed by atoms with van der Waals surface area (Å²) in [5, 5.41) is 6.51. The van der Waals surface area contributed by atoms with Crippen LogP contribution >= 0.6 is 24.0 Å². The highest BCUT2D eigenvalue weighted by Crippen LogP contribution is 2.20. The zero-order chi connectivity index (χ0) is 16.9. The molecule has 0 unspecified atom stereocenters. The molecule has 0 aliphatic rings. The molecule has 0 saturated heterocycles. The van der Waals surface area contributed by atoms with Crippen LogP contribution in [0.4, 0.5) is 0 Å². The Balaban J connectivity index is 0.00000529. The van der Waals surface area contributed by atoms with Crippen molar-refractivity contribution in [3.05, 3.63) is 29.3 Å². The monoisotopic (exact) mass is 449 g/mol. The number of aliphatic imine (C=N–C) groups is 1. The van der Waals surface area contributed by atoms with E-state index in [-0.39, 0.29) is 24.0 Å². The smallest absolute Gasteiger partial charge is 0.191 e. The highest BCUT2D eigenvalue weighted by atomic mass is 127. The van der Waals surface area contributed by atoms with Crippen molar-refractivity contribution in [3.63, 3.8) is 0 Å². The standard InChI is InChI=1S/C18H31N3O2.HI/c1-5-6-7-11-23-17-13-15(2)8-9-16(17)14-21-18(19-3)20-10-12-22-4;/h8-9,13H,5-7,10-12,14H2,1-4H3,(H2,19,20,21);1H. The lowest BCUT2D eigenvalue weighted by Crippen LogP contribution is -2.38. The number of halogens is 1. The number of methoxy groups -OCH3 is 1. The summed E-state index contributed by atoms with van der Waals surface area (Å²) in [4.78, 5) is 4.21. The maximum atomic E-state index is 5.96. The number of ether oxygens (including phenoxy) is 2. The fourth-order valence-electron chi connectivity index (χ4n) is 2.15. The van der Waals surface area contributed by atoms with E-state index in [1.807, 2.05) is 0 Å². The number of hydrogen-bond donors (Lipinski definition) is 2. The Labute approximate surface area is 163 Å². The average molecular weight is 449 g/mol. The summed E-state index contributed by atoms with van der Waals surface area (Å²) in [7, 11) is 3.45. The molecule has 0 amide bonds. The molecule has 0 aliphatic heterocycles. The number of guanidine groups is 1. The van der Waals surface area contributed by atoms with Crippen molar-refractivity contribution in [2.75, 3.05) is 33.9 Å². The fourth-order valence-corrected chi connectivity index (χ4v) is 2.15. The molecule has 0 radical (unpaired) electrons. The van der Waals surface area contributed by atoms with Crippen LogP contribution in [0.1, 0.15) is 37.3 Å². The minimum atomic E-state index is 0. The van der Waals surface area contributed by atoms with Gasteiger partial charge < -0.3 is 20.1 Å². The van der Waals surface area contributed by atoms with Gasteiger partial charge in [0.05, 0.1) is 13.2 Å². The molecule has 0 aromatic heterocycles. The van der Waals surface area contributed by atoms with Crippen molar-refractivity contribution in [1.29, 1.82) is 0 Å². The minimum absolute atomic E-state index is 0. The van der Waals surface area contributed by atoms with E-state index in [2.05, 4.69) is 47.7 Å². The quantitative estimate of drug-likeness (QED) is 0.249. The third-order valence-electron chi connectivity index (χ3n) is 3.50. The van der Waals surface area contributed by atoms with Crippen LogP contribution in [-0.4, -0.2) is 39.9 Å². The predicted octanol–water partition coefficient (Wildman–Crippen LogP) is 3.49. The SMILES string of the molecule is CCCCCOc1cc(C)ccc1CNC(=NC)NCCOC.I. The fraction of sp³-hybridized carbons (Fsp3) is 0.611. The molecule has 24 heavy (non-hydrogen) atoms. The number of unbranched alkanes of at least 4 members (excludes halogenated alkanes) is 2. The Morgan fingerprint density at radius 1 is 1.17 bits per heavy atom. The molecule has 1 rings (SSSR count). The summed E-state index contributed by atoms with van der Waals surface area (Å²) in [6, 6.07) is 6.32. The van der Waals surface area contributed by atoms with Gasteiger partial charge in [0.15, 0.2) is 5.96 Å². The minimum Gasteiger partial charge on any atom is -0.493 e. The van der Waals surface area contributed by atoms with E-state index >= 15 is 0 Å². The molecular weight excluding hydrogens is 417 g/mol. The van der Waals surface area contributed by atoms with E-state index in [9.17, 15) is 0 Å². The van der Waals surface area contributed by atoms with Gasteiger partial charge in [-0.2, -0.15) is 0 Å². The van der Waals surface area contributed by atoms with E-state index in [1.54, 1.807) is 14.2 Å². The van der Waals surface area contributed by atoms with E-state index in [0.717, 1.165) is 36.8 Å². The van der Waals surface area contributed by atoms with Gasteiger partial charge >= 0.3 is 0 Å². The predicted molar refractivity (Wildman–Crippen MR) is 112 cm³/mol. The van der Waals surface area contributed by atoms with Gasteiger partial charge in [0.1, 0.15) is 5.75 Å². The first-order valence-corrected chi connectivity index (χ1v) is 8.37. The number of nitrogens with zero attached hydrogens (tertiary/aromatic N) is 1. The lowest BCUT2D eigenvalue weighted by atomic mass is 10.1. The van der Waals surface area contributed by atoms with Crippen LogP contribution in [0.15, 0.2) is 23.2 Å². The second kappa shape index (κ2) is 14.3. The molecule has 138 valence electrons. The second-order valence-corrected chi connectivity index (χ2v) is 5.51. The molecule has 0 spiro atoms. The first-order chi connectivity index (χ1) is 11.2. The Morgan fingerprint density at radius 2 is 1.96 bits per heavy atom. The highest BCUT2D eigenvalue weighted by Gasteiger charge is 2.06. The largest absolute Gasteiger partial charge is 0.493 e.